The predicted octanol–water partition coefficient (Wildman–Crippen LogP) is 5.12. The Hall–Kier alpha value is -3.86. The molecule has 1 saturated heterocycles. The fourth-order valence-electron chi connectivity index (χ4n) is 7.55. The van der Waals surface area contributed by atoms with E-state index >= 15 is 0 Å². The summed E-state index contributed by atoms with van der Waals surface area (Å²) in [6.45, 7) is 4.66. The van der Waals surface area contributed by atoms with Crippen LogP contribution in [0.15, 0.2) is 85.4 Å². The lowest BCUT2D eigenvalue weighted by Gasteiger charge is -2.59. The number of hydrogen-bond donors (Lipinski definition) is 1. The van der Waals surface area contributed by atoms with E-state index in [1.807, 2.05) is 48.5 Å². The Morgan fingerprint density at radius 3 is 2.44 bits per heavy atom. The van der Waals surface area contributed by atoms with Crippen LogP contribution < -0.4 is 4.74 Å². The fraction of sp³-hybridized carbons (Fsp3) is 0.290. The van der Waals surface area contributed by atoms with Crippen LogP contribution in [0.25, 0.3) is 5.57 Å². The number of methoxy groups -OCH3 is 1. The lowest BCUT2D eigenvalue weighted by Crippen LogP contribution is -2.60. The largest absolute Gasteiger partial charge is 0.496 e. The zero-order valence-corrected chi connectivity index (χ0v) is 20.3. The summed E-state index contributed by atoms with van der Waals surface area (Å²) in [5.41, 5.74) is 2.89. The fourth-order valence-corrected chi connectivity index (χ4v) is 7.55. The predicted molar refractivity (Wildman–Crippen MR) is 138 cm³/mol. The number of likely N-dealkylation sites (tertiary alicyclic amines) is 1. The summed E-state index contributed by atoms with van der Waals surface area (Å²) >= 11 is 0. The molecule has 182 valence electrons. The Balaban J connectivity index is 1.49. The number of hydrogen-bond acceptors (Lipinski definition) is 3. The molecule has 3 aromatic carbocycles. The van der Waals surface area contributed by atoms with Gasteiger partial charge in [0, 0.05) is 41.5 Å². The molecule has 5 heteroatoms. The number of carbonyl (C=O) groups is 2. The van der Waals surface area contributed by atoms with Gasteiger partial charge in [-0.3, -0.25) is 9.59 Å². The SMILES string of the molecule is C=C(C(=O)N1C[C@H]2C3(c4ccccc4)CC[C@H](c4ccccc43)[C@@]2(C(=O)O)C1)c1ccccc1OC. The van der Waals surface area contributed by atoms with Crippen LogP contribution >= 0.6 is 0 Å². The molecule has 5 nitrogen and oxygen atoms in total. The topological polar surface area (TPSA) is 66.8 Å². The van der Waals surface area contributed by atoms with Crippen molar-refractivity contribution in [3.8, 4) is 5.75 Å². The first-order chi connectivity index (χ1) is 17.4. The first-order valence-corrected chi connectivity index (χ1v) is 12.4. The van der Waals surface area contributed by atoms with Crippen LogP contribution in [0.3, 0.4) is 0 Å². The molecule has 1 unspecified atom stereocenters. The number of para-hydroxylation sites is 1. The van der Waals surface area contributed by atoms with Gasteiger partial charge >= 0.3 is 5.97 Å². The molecule has 1 heterocycles. The Kier molecular flexibility index (Phi) is 5.08. The van der Waals surface area contributed by atoms with E-state index in [0.717, 1.165) is 24.0 Å². The van der Waals surface area contributed by atoms with E-state index in [1.165, 1.54) is 5.56 Å². The van der Waals surface area contributed by atoms with Gasteiger partial charge in [0.25, 0.3) is 5.91 Å². The summed E-state index contributed by atoms with van der Waals surface area (Å²) in [5.74, 6) is -0.855. The van der Waals surface area contributed by atoms with E-state index in [4.69, 9.17) is 4.74 Å². The summed E-state index contributed by atoms with van der Waals surface area (Å²) < 4.78 is 5.47. The molecule has 2 bridgehead atoms. The number of aliphatic carboxylic acids is 1. The minimum Gasteiger partial charge on any atom is -0.496 e. The number of carboxylic acids is 1. The van der Waals surface area contributed by atoms with Gasteiger partial charge in [0.05, 0.1) is 12.5 Å². The van der Waals surface area contributed by atoms with Crippen molar-refractivity contribution in [2.75, 3.05) is 20.2 Å². The number of amides is 1. The van der Waals surface area contributed by atoms with Crippen LogP contribution in [0, 0.1) is 11.3 Å². The minimum absolute atomic E-state index is 0.140. The van der Waals surface area contributed by atoms with Gasteiger partial charge in [-0.25, -0.2) is 0 Å². The quantitative estimate of drug-likeness (QED) is 0.516. The molecule has 0 spiro atoms. The molecule has 2 fully saturated rings. The number of nitrogens with zero attached hydrogens (tertiary/aromatic N) is 1. The van der Waals surface area contributed by atoms with Gasteiger partial charge in [-0.15, -0.1) is 0 Å². The molecule has 3 aromatic rings. The molecule has 3 aliphatic carbocycles. The Morgan fingerprint density at radius 2 is 1.69 bits per heavy atom. The van der Waals surface area contributed by atoms with Crippen molar-refractivity contribution < 1.29 is 19.4 Å². The number of ether oxygens (including phenoxy) is 1. The normalized spacial score (nSPS) is 27.8. The molecule has 4 atom stereocenters. The van der Waals surface area contributed by atoms with Crippen molar-refractivity contribution in [2.45, 2.75) is 24.2 Å². The number of benzene rings is 3. The maximum absolute atomic E-state index is 13.8. The monoisotopic (exact) mass is 479 g/mol. The van der Waals surface area contributed by atoms with Crippen molar-refractivity contribution in [3.63, 3.8) is 0 Å². The highest BCUT2D eigenvalue weighted by atomic mass is 16.5. The van der Waals surface area contributed by atoms with Crippen LogP contribution in [0.1, 0.15) is 41.0 Å². The second-order valence-corrected chi connectivity index (χ2v) is 10.3. The second-order valence-electron chi connectivity index (χ2n) is 10.3. The van der Waals surface area contributed by atoms with E-state index < -0.39 is 16.8 Å². The minimum atomic E-state index is -1.06. The van der Waals surface area contributed by atoms with Crippen LogP contribution in [0.4, 0.5) is 0 Å². The van der Waals surface area contributed by atoms with Gasteiger partial charge in [0.1, 0.15) is 5.75 Å². The third-order valence-corrected chi connectivity index (χ3v) is 9.00. The van der Waals surface area contributed by atoms with E-state index in [0.29, 0.717) is 23.4 Å². The molecule has 1 amide bonds. The maximum Gasteiger partial charge on any atom is 0.312 e. The average Bonchev–Trinajstić information content (AvgIpc) is 3.37. The van der Waals surface area contributed by atoms with Crippen LogP contribution in [-0.2, 0) is 15.0 Å². The van der Waals surface area contributed by atoms with Gasteiger partial charge in [0.2, 0.25) is 0 Å². The van der Waals surface area contributed by atoms with Gasteiger partial charge < -0.3 is 14.7 Å². The van der Waals surface area contributed by atoms with Gasteiger partial charge in [0.15, 0.2) is 0 Å². The van der Waals surface area contributed by atoms with E-state index in [9.17, 15) is 14.7 Å². The van der Waals surface area contributed by atoms with Crippen LogP contribution in [0.5, 0.6) is 5.75 Å². The van der Waals surface area contributed by atoms with Crippen molar-refractivity contribution in [3.05, 3.63) is 108 Å². The second kappa shape index (κ2) is 8.09. The van der Waals surface area contributed by atoms with Gasteiger partial charge in [-0.2, -0.15) is 0 Å². The highest BCUT2D eigenvalue weighted by Crippen LogP contribution is 2.69. The van der Waals surface area contributed by atoms with E-state index in [-0.39, 0.29) is 24.3 Å². The zero-order valence-electron chi connectivity index (χ0n) is 20.3. The van der Waals surface area contributed by atoms with Gasteiger partial charge in [-0.1, -0.05) is 79.4 Å². The summed E-state index contributed by atoms with van der Waals surface area (Å²) in [4.78, 5) is 28.8. The average molecular weight is 480 g/mol. The van der Waals surface area contributed by atoms with Crippen molar-refractivity contribution >= 4 is 17.4 Å². The first kappa shape index (κ1) is 22.6. The smallest absolute Gasteiger partial charge is 0.312 e. The molecule has 36 heavy (non-hydrogen) atoms. The Morgan fingerprint density at radius 1 is 1.00 bits per heavy atom. The van der Waals surface area contributed by atoms with E-state index in [2.05, 4.69) is 30.8 Å². The molecule has 1 N–H and O–H groups in total. The molecule has 0 aromatic heterocycles. The maximum atomic E-state index is 13.8. The third kappa shape index (κ3) is 2.83. The number of carboxylic acid groups (broad SMARTS) is 1. The summed E-state index contributed by atoms with van der Waals surface area (Å²) in [5, 5.41) is 10.9. The Labute approximate surface area is 211 Å². The molecular weight excluding hydrogens is 450 g/mol. The number of rotatable bonds is 5. The third-order valence-electron chi connectivity index (χ3n) is 9.00. The van der Waals surface area contributed by atoms with Crippen LogP contribution in [0.2, 0.25) is 0 Å². The molecule has 0 radical (unpaired) electrons. The molecular formula is C31H29NO4. The lowest BCUT2D eigenvalue weighted by molar-refractivity contribution is -0.157. The van der Waals surface area contributed by atoms with E-state index in [1.54, 1.807) is 18.1 Å². The summed E-state index contributed by atoms with van der Waals surface area (Å²) in [7, 11) is 1.57. The van der Waals surface area contributed by atoms with Crippen molar-refractivity contribution in [2.24, 2.45) is 11.3 Å². The summed E-state index contributed by atoms with van der Waals surface area (Å²) in [6.07, 6.45) is 1.65. The highest BCUT2D eigenvalue weighted by Gasteiger charge is 2.70. The van der Waals surface area contributed by atoms with Gasteiger partial charge in [-0.05, 0) is 35.6 Å². The summed E-state index contributed by atoms with van der Waals surface area (Å²) in [6, 6.07) is 25.9. The van der Waals surface area contributed by atoms with Crippen molar-refractivity contribution in [1.29, 1.82) is 0 Å². The number of fused-ring (bicyclic) bond motifs is 1. The molecule has 4 aliphatic rings. The van der Waals surface area contributed by atoms with Crippen molar-refractivity contribution in [1.82, 2.24) is 4.90 Å². The zero-order chi connectivity index (χ0) is 25.1. The van der Waals surface area contributed by atoms with Crippen LogP contribution in [-0.4, -0.2) is 42.1 Å². The number of carbonyl (C=O) groups excluding carboxylic acids is 1. The first-order valence-electron chi connectivity index (χ1n) is 12.4. The Bertz CT molecular complexity index is 1380. The molecule has 1 saturated carbocycles. The molecule has 7 rings (SSSR count). The highest BCUT2D eigenvalue weighted by molar-refractivity contribution is 6.19. The standard InChI is InChI=1S/C31H29NO4/c1-20(22-12-7-9-15-26(22)36-2)28(33)32-18-27-30(21-10-4-3-5-11-21)17-16-25(31(27,19-32)29(34)35)23-13-6-8-14-24(23)30/h3-15,25,27H,1,16-19H2,2H3,(H,34,35)/t25-,27+,30?,31+/m1/s1. The molecule has 1 aliphatic heterocycles. The lowest BCUT2D eigenvalue weighted by atomic mass is 9.42.